The molecule has 1 aromatic heterocycles. The van der Waals surface area contributed by atoms with E-state index < -0.39 is 10.3 Å². The largest absolute Gasteiger partial charge is 0.490 e. The van der Waals surface area contributed by atoms with E-state index >= 15 is 0 Å². The van der Waals surface area contributed by atoms with Crippen LogP contribution in [0.2, 0.25) is 5.02 Å². The van der Waals surface area contributed by atoms with Crippen molar-refractivity contribution in [3.05, 3.63) is 102 Å². The molecule has 0 amide bonds. The molecule has 0 saturated heterocycles. The minimum absolute atomic E-state index is 0.00119. The van der Waals surface area contributed by atoms with Crippen molar-refractivity contribution in [2.75, 3.05) is 6.61 Å². The average molecular weight is 614 g/mol. The van der Waals surface area contributed by atoms with Crippen LogP contribution in [0, 0.1) is 10.1 Å². The Morgan fingerprint density at radius 2 is 1.85 bits per heavy atom. The lowest BCUT2D eigenvalue weighted by Gasteiger charge is -2.21. The summed E-state index contributed by atoms with van der Waals surface area (Å²) in [6, 6.07) is 15.2. The van der Waals surface area contributed by atoms with Gasteiger partial charge in [0.2, 0.25) is 5.75 Å². The average Bonchev–Trinajstić information content (AvgIpc) is 2.88. The zero-order valence-electron chi connectivity index (χ0n) is 21.8. The highest BCUT2D eigenvalue weighted by atomic mass is 79.9. The van der Waals surface area contributed by atoms with Gasteiger partial charge < -0.3 is 9.47 Å². The maximum atomic E-state index is 13.4. The third-order valence-corrected chi connectivity index (χ3v) is 6.40. The smallest absolute Gasteiger partial charge is 0.315 e. The molecule has 0 N–H and O–H groups in total. The van der Waals surface area contributed by atoms with Crippen molar-refractivity contribution in [3.63, 3.8) is 0 Å². The van der Waals surface area contributed by atoms with Crippen molar-refractivity contribution in [2.45, 2.75) is 39.7 Å². The maximum absolute atomic E-state index is 13.4. The molecular formula is C28H26BrClN4O5. The summed E-state index contributed by atoms with van der Waals surface area (Å²) >= 11 is 9.34. The molecule has 0 unspecified atom stereocenters. The van der Waals surface area contributed by atoms with Crippen LogP contribution in [0.5, 0.6) is 11.5 Å². The highest BCUT2D eigenvalue weighted by Gasteiger charge is 2.25. The van der Waals surface area contributed by atoms with Crippen LogP contribution in [0.3, 0.4) is 0 Å². The fraction of sp³-hybridized carbons (Fsp3) is 0.250. The first-order chi connectivity index (χ1) is 18.5. The normalized spacial score (nSPS) is 11.7. The molecule has 11 heteroatoms. The third kappa shape index (κ3) is 6.46. The monoisotopic (exact) mass is 612 g/mol. The summed E-state index contributed by atoms with van der Waals surface area (Å²) in [4.78, 5) is 29.6. The lowest BCUT2D eigenvalue weighted by atomic mass is 9.95. The van der Waals surface area contributed by atoms with Gasteiger partial charge in [0.25, 0.3) is 5.56 Å². The van der Waals surface area contributed by atoms with Crippen LogP contribution in [-0.4, -0.2) is 27.4 Å². The molecule has 0 aliphatic rings. The summed E-state index contributed by atoms with van der Waals surface area (Å²) in [6.45, 7) is 7.88. The van der Waals surface area contributed by atoms with Gasteiger partial charge in [0.05, 0.1) is 28.6 Å². The Bertz CT molecular complexity index is 1630. The lowest BCUT2D eigenvalue weighted by Crippen LogP contribution is -2.29. The molecule has 0 saturated carbocycles. The number of aromatic nitrogens is 2. The number of rotatable bonds is 8. The molecule has 0 aliphatic heterocycles. The quantitative estimate of drug-likeness (QED) is 0.122. The lowest BCUT2D eigenvalue weighted by molar-refractivity contribution is -0.386. The molecular weight excluding hydrogens is 588 g/mol. The van der Waals surface area contributed by atoms with Gasteiger partial charge in [-0.2, -0.15) is 9.78 Å². The standard InChI is InChI=1S/C28H26BrClN4O5/c1-5-38-24-13-18(12-23(34(36)37)25(24)39-16-17-6-9-20(30)10-7-17)15-31-33-26(35)21-14-19(29)8-11-22(21)32-27(33)28(2,3)4/h6-15H,5,16H2,1-4H3. The first kappa shape index (κ1) is 28.3. The number of benzene rings is 3. The molecule has 0 atom stereocenters. The van der Waals surface area contributed by atoms with Crippen molar-refractivity contribution >= 4 is 50.3 Å². The van der Waals surface area contributed by atoms with Crippen molar-refractivity contribution in [2.24, 2.45) is 5.10 Å². The van der Waals surface area contributed by atoms with E-state index in [-0.39, 0.29) is 36.0 Å². The van der Waals surface area contributed by atoms with Crippen LogP contribution in [0.25, 0.3) is 10.9 Å². The van der Waals surface area contributed by atoms with Gasteiger partial charge in [-0.1, -0.05) is 60.4 Å². The van der Waals surface area contributed by atoms with Crippen molar-refractivity contribution in [1.29, 1.82) is 0 Å². The summed E-state index contributed by atoms with van der Waals surface area (Å²) < 4.78 is 13.5. The van der Waals surface area contributed by atoms with Gasteiger partial charge in [-0.25, -0.2) is 4.98 Å². The Labute approximate surface area is 238 Å². The maximum Gasteiger partial charge on any atom is 0.315 e. The fourth-order valence-corrected chi connectivity index (χ4v) is 4.32. The van der Waals surface area contributed by atoms with Gasteiger partial charge in [-0.05, 0) is 48.9 Å². The Hall–Kier alpha value is -3.76. The minimum atomic E-state index is -0.543. The number of hydrogen-bond donors (Lipinski definition) is 0. The van der Waals surface area contributed by atoms with E-state index in [4.69, 9.17) is 26.1 Å². The van der Waals surface area contributed by atoms with E-state index in [1.807, 2.05) is 26.8 Å². The zero-order valence-corrected chi connectivity index (χ0v) is 24.1. The van der Waals surface area contributed by atoms with Crippen LogP contribution >= 0.6 is 27.5 Å². The third-order valence-electron chi connectivity index (χ3n) is 5.65. The van der Waals surface area contributed by atoms with Crippen molar-refractivity contribution in [1.82, 2.24) is 9.66 Å². The second-order valence-electron chi connectivity index (χ2n) is 9.68. The second kappa shape index (κ2) is 11.5. The molecule has 9 nitrogen and oxygen atoms in total. The second-order valence-corrected chi connectivity index (χ2v) is 11.0. The predicted octanol–water partition coefficient (Wildman–Crippen LogP) is 6.88. The van der Waals surface area contributed by atoms with Gasteiger partial charge in [0, 0.05) is 26.5 Å². The number of halogens is 2. The van der Waals surface area contributed by atoms with Crippen molar-refractivity contribution < 1.29 is 14.4 Å². The molecule has 0 radical (unpaired) electrons. The van der Waals surface area contributed by atoms with E-state index in [0.717, 1.165) is 10.0 Å². The van der Waals surface area contributed by atoms with E-state index in [2.05, 4.69) is 21.0 Å². The molecule has 39 heavy (non-hydrogen) atoms. The van der Waals surface area contributed by atoms with Gasteiger partial charge in [0.1, 0.15) is 12.4 Å². The number of hydrogen-bond acceptors (Lipinski definition) is 7. The number of nitro benzene ring substituents is 1. The van der Waals surface area contributed by atoms with E-state index in [0.29, 0.717) is 27.3 Å². The molecule has 0 bridgehead atoms. The summed E-state index contributed by atoms with van der Waals surface area (Å²) in [5.74, 6) is 0.630. The van der Waals surface area contributed by atoms with Crippen LogP contribution in [-0.2, 0) is 12.0 Å². The zero-order chi connectivity index (χ0) is 28.3. The molecule has 4 aromatic rings. The van der Waals surface area contributed by atoms with Gasteiger partial charge in [0.15, 0.2) is 5.75 Å². The highest BCUT2D eigenvalue weighted by Crippen LogP contribution is 2.39. The molecule has 4 rings (SSSR count). The first-order valence-electron chi connectivity index (χ1n) is 12.1. The van der Waals surface area contributed by atoms with Crippen LogP contribution in [0.4, 0.5) is 5.69 Å². The van der Waals surface area contributed by atoms with Crippen LogP contribution < -0.4 is 15.0 Å². The predicted molar refractivity (Wildman–Crippen MR) is 155 cm³/mol. The Morgan fingerprint density at radius 3 is 2.49 bits per heavy atom. The van der Waals surface area contributed by atoms with Crippen LogP contribution in [0.1, 0.15) is 44.6 Å². The van der Waals surface area contributed by atoms with Crippen LogP contribution in [0.15, 0.2) is 69.0 Å². The number of nitrogens with zero attached hydrogens (tertiary/aromatic N) is 4. The first-order valence-corrected chi connectivity index (χ1v) is 13.2. The SMILES string of the molecule is CCOc1cc(C=Nn2c(C(C)(C)C)nc3ccc(Br)cc3c2=O)cc([N+](=O)[O-])c1OCc1ccc(Cl)cc1. The topological polar surface area (TPSA) is 109 Å². The van der Waals surface area contributed by atoms with E-state index in [9.17, 15) is 14.9 Å². The number of fused-ring (bicyclic) bond motifs is 1. The highest BCUT2D eigenvalue weighted by molar-refractivity contribution is 9.10. The number of nitro groups is 1. The van der Waals surface area contributed by atoms with E-state index in [1.54, 1.807) is 49.4 Å². The van der Waals surface area contributed by atoms with Gasteiger partial charge >= 0.3 is 5.69 Å². The summed E-state index contributed by atoms with van der Waals surface area (Å²) in [7, 11) is 0. The van der Waals surface area contributed by atoms with Crippen molar-refractivity contribution in [3.8, 4) is 11.5 Å². The molecule has 0 spiro atoms. The Balaban J connectivity index is 1.79. The summed E-state index contributed by atoms with van der Waals surface area (Å²) in [6.07, 6.45) is 1.38. The number of ether oxygens (including phenoxy) is 2. The Kier molecular flexibility index (Phi) is 8.36. The molecule has 0 aliphatic carbocycles. The fourth-order valence-electron chi connectivity index (χ4n) is 3.83. The molecule has 3 aromatic carbocycles. The summed E-state index contributed by atoms with van der Waals surface area (Å²) in [5.41, 5.74) is 0.525. The minimum Gasteiger partial charge on any atom is -0.490 e. The van der Waals surface area contributed by atoms with E-state index in [1.165, 1.54) is 17.0 Å². The summed E-state index contributed by atoms with van der Waals surface area (Å²) in [5, 5.41) is 17.4. The van der Waals surface area contributed by atoms with Gasteiger partial charge in [-0.3, -0.25) is 14.9 Å². The van der Waals surface area contributed by atoms with Gasteiger partial charge in [-0.15, -0.1) is 0 Å². The molecule has 202 valence electrons. The molecule has 0 fully saturated rings. The molecule has 1 heterocycles. The Morgan fingerprint density at radius 1 is 1.13 bits per heavy atom.